The van der Waals surface area contributed by atoms with E-state index < -0.39 is 23.0 Å². The summed E-state index contributed by atoms with van der Waals surface area (Å²) < 4.78 is 0. The van der Waals surface area contributed by atoms with Crippen LogP contribution in [0.4, 0.5) is 10.5 Å². The van der Waals surface area contributed by atoms with Gasteiger partial charge in [-0.05, 0) is 80.2 Å². The number of carbonyl (C=O) groups is 4. The van der Waals surface area contributed by atoms with E-state index in [-0.39, 0.29) is 24.4 Å². The maximum atomic E-state index is 13.7. The summed E-state index contributed by atoms with van der Waals surface area (Å²) in [6, 6.07) is 14.6. The number of fused-ring (bicyclic) bond motifs is 2. The predicted molar refractivity (Wildman–Crippen MR) is 141 cm³/mol. The summed E-state index contributed by atoms with van der Waals surface area (Å²) in [7, 11) is 0. The number of carbonyl (C=O) groups excluding carboxylic acids is 4. The Morgan fingerprint density at radius 2 is 1.87 bits per heavy atom. The zero-order valence-corrected chi connectivity index (χ0v) is 21.5. The fourth-order valence-electron chi connectivity index (χ4n) is 5.79. The summed E-state index contributed by atoms with van der Waals surface area (Å²) in [4.78, 5) is 55.6. The number of imide groups is 1. The molecule has 2 aromatic rings. The first kappa shape index (κ1) is 24.6. The maximum absolute atomic E-state index is 13.7. The number of aryl methyl sites for hydroxylation is 1. The fraction of sp³-hybridized carbons (Fsp3) is 0.448. The van der Waals surface area contributed by atoms with Gasteiger partial charge in [0.25, 0.3) is 5.91 Å². The minimum Gasteiger partial charge on any atom is -0.334 e. The van der Waals surface area contributed by atoms with Gasteiger partial charge in [0.2, 0.25) is 11.8 Å². The molecule has 9 heteroatoms. The number of amides is 5. The molecule has 1 heterocycles. The minimum atomic E-state index is -1.19. The SMILES string of the molecule is C[C@@H](C1CC1)N(Cc1ccccc1)C(=O)CN1C(=O)NC2(CCc3cc(NC(=O)C4(N)CC4)ccc32)C1=O. The Morgan fingerprint density at radius 1 is 1.13 bits per heavy atom. The molecule has 4 aliphatic rings. The van der Waals surface area contributed by atoms with Crippen molar-refractivity contribution >= 4 is 29.4 Å². The van der Waals surface area contributed by atoms with Gasteiger partial charge < -0.3 is 21.3 Å². The molecule has 1 spiro atoms. The summed E-state index contributed by atoms with van der Waals surface area (Å²) in [6.45, 7) is 2.19. The van der Waals surface area contributed by atoms with Crippen molar-refractivity contribution in [3.05, 3.63) is 65.2 Å². The van der Waals surface area contributed by atoms with Gasteiger partial charge in [0.1, 0.15) is 12.1 Å². The third kappa shape index (κ3) is 4.24. The normalized spacial score (nSPS) is 23.7. The zero-order valence-electron chi connectivity index (χ0n) is 21.5. The minimum absolute atomic E-state index is 0.0292. The number of hydrogen-bond acceptors (Lipinski definition) is 5. The second-order valence-corrected chi connectivity index (χ2v) is 11.3. The number of nitrogens with one attached hydrogen (secondary N) is 2. The van der Waals surface area contributed by atoms with Gasteiger partial charge in [0.15, 0.2) is 0 Å². The van der Waals surface area contributed by atoms with Crippen LogP contribution in [0.1, 0.15) is 55.7 Å². The zero-order chi connectivity index (χ0) is 26.7. The molecule has 2 saturated carbocycles. The summed E-state index contributed by atoms with van der Waals surface area (Å²) in [5, 5.41) is 5.77. The highest BCUT2D eigenvalue weighted by molar-refractivity contribution is 6.10. The van der Waals surface area contributed by atoms with E-state index in [0.717, 1.165) is 28.9 Å². The van der Waals surface area contributed by atoms with Crippen molar-refractivity contribution in [2.24, 2.45) is 11.7 Å². The van der Waals surface area contributed by atoms with Crippen molar-refractivity contribution in [3.8, 4) is 0 Å². The lowest BCUT2D eigenvalue weighted by molar-refractivity contribution is -0.141. The van der Waals surface area contributed by atoms with Crippen molar-refractivity contribution in [3.63, 3.8) is 0 Å². The molecule has 4 N–H and O–H groups in total. The summed E-state index contributed by atoms with van der Waals surface area (Å²) in [5.41, 5.74) is 7.26. The fourth-order valence-corrected chi connectivity index (χ4v) is 5.79. The first-order valence-corrected chi connectivity index (χ1v) is 13.4. The molecule has 9 nitrogen and oxygen atoms in total. The average Bonchev–Trinajstić information content (AvgIpc) is 3.84. The number of anilines is 1. The first-order chi connectivity index (χ1) is 18.2. The smallest absolute Gasteiger partial charge is 0.325 e. The Morgan fingerprint density at radius 3 is 2.55 bits per heavy atom. The van der Waals surface area contributed by atoms with Crippen molar-refractivity contribution < 1.29 is 19.2 Å². The highest BCUT2D eigenvalue weighted by Gasteiger charge is 2.56. The average molecular weight is 516 g/mol. The highest BCUT2D eigenvalue weighted by atomic mass is 16.2. The van der Waals surface area contributed by atoms with Crippen LogP contribution in [-0.2, 0) is 32.9 Å². The summed E-state index contributed by atoms with van der Waals surface area (Å²) in [6.07, 6.45) is 4.48. The second-order valence-electron chi connectivity index (χ2n) is 11.3. The molecule has 1 unspecified atom stereocenters. The third-order valence-corrected chi connectivity index (χ3v) is 8.61. The maximum Gasteiger partial charge on any atom is 0.325 e. The first-order valence-electron chi connectivity index (χ1n) is 13.4. The Bertz CT molecular complexity index is 1320. The van der Waals surface area contributed by atoms with Gasteiger partial charge in [-0.25, -0.2) is 4.79 Å². The molecule has 0 bridgehead atoms. The number of urea groups is 1. The molecule has 2 atom stereocenters. The van der Waals surface area contributed by atoms with Crippen molar-refractivity contribution in [1.82, 2.24) is 15.1 Å². The van der Waals surface area contributed by atoms with Gasteiger partial charge in [-0.3, -0.25) is 19.3 Å². The molecule has 5 amide bonds. The number of hydrogen-bond donors (Lipinski definition) is 3. The molecule has 2 aromatic carbocycles. The lowest BCUT2D eigenvalue weighted by atomic mass is 9.91. The number of benzene rings is 2. The quantitative estimate of drug-likeness (QED) is 0.466. The van der Waals surface area contributed by atoms with Crippen LogP contribution in [0, 0.1) is 5.92 Å². The molecular formula is C29H33N5O4. The van der Waals surface area contributed by atoms with Crippen LogP contribution in [0.15, 0.2) is 48.5 Å². The highest BCUT2D eigenvalue weighted by Crippen LogP contribution is 2.43. The van der Waals surface area contributed by atoms with Crippen molar-refractivity contribution in [2.45, 2.75) is 69.1 Å². The van der Waals surface area contributed by atoms with Crippen LogP contribution in [-0.4, -0.2) is 51.7 Å². The van der Waals surface area contributed by atoms with E-state index in [1.807, 2.05) is 43.3 Å². The molecule has 1 saturated heterocycles. The number of nitrogens with zero attached hydrogens (tertiary/aromatic N) is 2. The Hall–Kier alpha value is -3.72. The van der Waals surface area contributed by atoms with Gasteiger partial charge in [0, 0.05) is 18.3 Å². The van der Waals surface area contributed by atoms with Gasteiger partial charge >= 0.3 is 6.03 Å². The van der Waals surface area contributed by atoms with Crippen LogP contribution in [0.3, 0.4) is 0 Å². The van der Waals surface area contributed by atoms with Crippen molar-refractivity contribution in [1.29, 1.82) is 0 Å². The molecule has 0 radical (unpaired) electrons. The van der Waals surface area contributed by atoms with Gasteiger partial charge in [0.05, 0.1) is 5.54 Å². The standard InChI is InChI=1S/C29H33N5O4/c1-18(20-7-8-20)33(16-19-5-3-2-4-6-19)24(35)17-34-26(37)29(32-27(34)38)12-11-21-15-22(9-10-23(21)29)31-25(36)28(30)13-14-28/h2-6,9-10,15,18,20H,7-8,11-14,16-17,30H2,1H3,(H,31,36)(H,32,38)/t18-,29?/m0/s1. The van der Waals surface area contributed by atoms with Crippen LogP contribution in [0.25, 0.3) is 0 Å². The Labute approximate surface area is 221 Å². The summed E-state index contributed by atoms with van der Waals surface area (Å²) in [5.74, 6) is -0.395. The van der Waals surface area contributed by atoms with E-state index in [0.29, 0.717) is 49.4 Å². The molecule has 3 aliphatic carbocycles. The van der Waals surface area contributed by atoms with Gasteiger partial charge in [-0.15, -0.1) is 0 Å². The lowest BCUT2D eigenvalue weighted by Gasteiger charge is -2.31. The molecule has 1 aliphatic heterocycles. The van der Waals surface area contributed by atoms with Crippen LogP contribution >= 0.6 is 0 Å². The molecule has 6 rings (SSSR count). The van der Waals surface area contributed by atoms with E-state index in [9.17, 15) is 19.2 Å². The Kier molecular flexibility index (Phi) is 5.79. The molecule has 3 fully saturated rings. The predicted octanol–water partition coefficient (Wildman–Crippen LogP) is 2.64. The van der Waals surface area contributed by atoms with Crippen LogP contribution in [0.2, 0.25) is 0 Å². The van der Waals surface area contributed by atoms with E-state index in [1.165, 1.54) is 0 Å². The van der Waals surface area contributed by atoms with Crippen LogP contribution < -0.4 is 16.4 Å². The molecular weight excluding hydrogens is 482 g/mol. The van der Waals surface area contributed by atoms with Gasteiger partial charge in [-0.2, -0.15) is 0 Å². The second kappa shape index (κ2) is 8.94. The third-order valence-electron chi connectivity index (χ3n) is 8.61. The topological polar surface area (TPSA) is 125 Å². The van der Waals surface area contributed by atoms with Gasteiger partial charge in [-0.1, -0.05) is 36.4 Å². The van der Waals surface area contributed by atoms with E-state index >= 15 is 0 Å². The molecule has 198 valence electrons. The van der Waals surface area contributed by atoms with E-state index in [2.05, 4.69) is 10.6 Å². The number of rotatable bonds is 8. The largest absolute Gasteiger partial charge is 0.334 e. The Balaban J connectivity index is 1.19. The van der Waals surface area contributed by atoms with Crippen molar-refractivity contribution in [2.75, 3.05) is 11.9 Å². The molecule has 0 aromatic heterocycles. The monoisotopic (exact) mass is 515 g/mol. The molecule has 38 heavy (non-hydrogen) atoms. The van der Waals surface area contributed by atoms with E-state index in [1.54, 1.807) is 17.0 Å². The van der Waals surface area contributed by atoms with Crippen LogP contribution in [0.5, 0.6) is 0 Å². The van der Waals surface area contributed by atoms with E-state index in [4.69, 9.17) is 5.73 Å². The summed E-state index contributed by atoms with van der Waals surface area (Å²) >= 11 is 0. The lowest BCUT2D eigenvalue weighted by Crippen LogP contribution is -2.47. The number of nitrogens with two attached hydrogens (primary N) is 1.